The first-order valence-electron chi connectivity index (χ1n) is 8.32. The molecule has 0 bridgehead atoms. The zero-order valence-electron chi connectivity index (χ0n) is 15.2. The Morgan fingerprint density at radius 1 is 1.04 bits per heavy atom. The van der Waals surface area contributed by atoms with E-state index < -0.39 is 10.0 Å². The van der Waals surface area contributed by atoms with E-state index in [1.165, 1.54) is 30.7 Å². The van der Waals surface area contributed by atoms with Crippen molar-refractivity contribution in [1.82, 2.24) is 9.21 Å². The molecule has 0 spiro atoms. The second-order valence-corrected chi connectivity index (χ2v) is 8.19. The van der Waals surface area contributed by atoms with Crippen molar-refractivity contribution in [3.05, 3.63) is 18.2 Å². The quantitative estimate of drug-likeness (QED) is 0.787. The second kappa shape index (κ2) is 8.05. The fraction of sp³-hybridized carbons (Fsp3) is 0.588. The van der Waals surface area contributed by atoms with Crippen LogP contribution in [0.4, 0.5) is 0 Å². The van der Waals surface area contributed by atoms with Gasteiger partial charge in [-0.2, -0.15) is 4.31 Å². The van der Waals surface area contributed by atoms with Crippen molar-refractivity contribution in [3.63, 3.8) is 0 Å². The van der Waals surface area contributed by atoms with Crippen LogP contribution in [0.15, 0.2) is 23.1 Å². The van der Waals surface area contributed by atoms with Crippen molar-refractivity contribution in [1.29, 1.82) is 0 Å². The zero-order valence-corrected chi connectivity index (χ0v) is 16.0. The van der Waals surface area contributed by atoms with Gasteiger partial charge in [0.15, 0.2) is 11.5 Å². The maximum absolute atomic E-state index is 12.9. The van der Waals surface area contributed by atoms with E-state index in [0.29, 0.717) is 37.6 Å². The van der Waals surface area contributed by atoms with E-state index in [9.17, 15) is 13.2 Å². The zero-order chi connectivity index (χ0) is 18.6. The van der Waals surface area contributed by atoms with Gasteiger partial charge in [0.25, 0.3) is 0 Å². The monoisotopic (exact) mass is 370 g/mol. The van der Waals surface area contributed by atoms with Crippen LogP contribution in [0.1, 0.15) is 20.3 Å². The Bertz CT molecular complexity index is 718. The molecule has 0 saturated carbocycles. The lowest BCUT2D eigenvalue weighted by molar-refractivity contribution is -0.134. The van der Waals surface area contributed by atoms with Gasteiger partial charge in [0.2, 0.25) is 15.9 Å². The van der Waals surface area contributed by atoms with Crippen LogP contribution in [0.2, 0.25) is 0 Å². The molecular formula is C17H26N2O5S. The smallest absolute Gasteiger partial charge is 0.243 e. The first-order chi connectivity index (χ1) is 11.8. The fourth-order valence-corrected chi connectivity index (χ4v) is 4.33. The summed E-state index contributed by atoms with van der Waals surface area (Å²) < 4.78 is 37.7. The molecule has 1 aromatic rings. The normalized spacial score (nSPS) is 16.6. The number of methoxy groups -OCH3 is 2. The molecule has 0 atom stereocenters. The molecule has 25 heavy (non-hydrogen) atoms. The Balaban J connectivity index is 2.21. The number of sulfonamides is 1. The van der Waals surface area contributed by atoms with Gasteiger partial charge in [0, 0.05) is 38.2 Å². The molecule has 1 aromatic carbocycles. The van der Waals surface area contributed by atoms with Gasteiger partial charge in [-0.15, -0.1) is 0 Å². The molecule has 7 nitrogen and oxygen atoms in total. The number of rotatable bonds is 5. The Labute approximate surface area is 149 Å². The molecule has 1 amide bonds. The minimum absolute atomic E-state index is 0.0605. The molecule has 8 heteroatoms. The van der Waals surface area contributed by atoms with Crippen LogP contribution in [-0.2, 0) is 14.8 Å². The van der Waals surface area contributed by atoms with E-state index in [1.807, 2.05) is 13.8 Å². The van der Waals surface area contributed by atoms with Crippen LogP contribution in [-0.4, -0.2) is 63.9 Å². The predicted molar refractivity (Wildman–Crippen MR) is 94.3 cm³/mol. The van der Waals surface area contributed by atoms with Gasteiger partial charge >= 0.3 is 0 Å². The Morgan fingerprint density at radius 3 is 2.32 bits per heavy atom. The van der Waals surface area contributed by atoms with Crippen LogP contribution in [0, 0.1) is 5.92 Å². The van der Waals surface area contributed by atoms with Crippen molar-refractivity contribution in [2.75, 3.05) is 40.4 Å². The number of hydrogen-bond acceptors (Lipinski definition) is 5. The molecule has 2 rings (SSSR count). The van der Waals surface area contributed by atoms with Gasteiger partial charge < -0.3 is 14.4 Å². The molecule has 1 saturated heterocycles. The number of ether oxygens (including phenoxy) is 2. The van der Waals surface area contributed by atoms with Gasteiger partial charge in [-0.25, -0.2) is 8.42 Å². The van der Waals surface area contributed by atoms with Crippen molar-refractivity contribution < 1.29 is 22.7 Å². The topological polar surface area (TPSA) is 76.2 Å². The molecule has 140 valence electrons. The predicted octanol–water partition coefficient (Wildman–Crippen LogP) is 1.58. The van der Waals surface area contributed by atoms with E-state index in [4.69, 9.17) is 9.47 Å². The van der Waals surface area contributed by atoms with E-state index in [1.54, 1.807) is 11.0 Å². The summed E-state index contributed by atoms with van der Waals surface area (Å²) in [5.74, 6) is 0.820. The average molecular weight is 370 g/mol. The van der Waals surface area contributed by atoms with Crippen molar-refractivity contribution in [2.45, 2.75) is 25.2 Å². The third kappa shape index (κ3) is 4.24. The van der Waals surface area contributed by atoms with E-state index >= 15 is 0 Å². The number of benzene rings is 1. The standard InChI is InChI=1S/C17H26N2O5S/c1-13(2)17(20)18-8-5-9-19(11-10-18)25(21,22)14-6-7-15(23-3)16(12-14)24-4/h6-7,12-13H,5,8-11H2,1-4H3. The van der Waals surface area contributed by atoms with Crippen molar-refractivity contribution in [2.24, 2.45) is 5.92 Å². The molecule has 1 aliphatic heterocycles. The second-order valence-electron chi connectivity index (χ2n) is 6.25. The molecule has 0 aliphatic carbocycles. The largest absolute Gasteiger partial charge is 0.493 e. The number of amides is 1. The molecule has 0 aromatic heterocycles. The summed E-state index contributed by atoms with van der Waals surface area (Å²) in [6.07, 6.45) is 0.616. The van der Waals surface area contributed by atoms with Gasteiger partial charge in [-0.3, -0.25) is 4.79 Å². The highest BCUT2D eigenvalue weighted by atomic mass is 32.2. The molecule has 0 unspecified atom stereocenters. The van der Waals surface area contributed by atoms with Crippen molar-refractivity contribution >= 4 is 15.9 Å². The third-order valence-electron chi connectivity index (χ3n) is 4.25. The van der Waals surface area contributed by atoms with E-state index in [2.05, 4.69) is 0 Å². The highest BCUT2D eigenvalue weighted by Crippen LogP contribution is 2.30. The van der Waals surface area contributed by atoms with E-state index in [0.717, 1.165) is 0 Å². The Kier molecular flexibility index (Phi) is 6.29. The van der Waals surface area contributed by atoms with Gasteiger partial charge in [0.1, 0.15) is 0 Å². The molecule has 1 heterocycles. The Hall–Kier alpha value is -1.80. The number of carbonyl (C=O) groups excluding carboxylic acids is 1. The summed E-state index contributed by atoms with van der Waals surface area (Å²) in [6, 6.07) is 4.56. The summed E-state index contributed by atoms with van der Waals surface area (Å²) >= 11 is 0. The highest BCUT2D eigenvalue weighted by molar-refractivity contribution is 7.89. The molecular weight excluding hydrogens is 344 g/mol. The third-order valence-corrected chi connectivity index (χ3v) is 6.15. The summed E-state index contributed by atoms with van der Waals surface area (Å²) in [4.78, 5) is 14.1. The van der Waals surface area contributed by atoms with Crippen molar-refractivity contribution in [3.8, 4) is 11.5 Å². The molecule has 1 fully saturated rings. The summed E-state index contributed by atoms with van der Waals surface area (Å²) in [7, 11) is -0.684. The molecule has 0 N–H and O–H groups in total. The molecule has 1 aliphatic rings. The summed E-state index contributed by atoms with van der Waals surface area (Å²) in [5.41, 5.74) is 0. The van der Waals surface area contributed by atoms with Crippen LogP contribution < -0.4 is 9.47 Å². The van der Waals surface area contributed by atoms with Crippen LogP contribution >= 0.6 is 0 Å². The Morgan fingerprint density at radius 2 is 1.72 bits per heavy atom. The minimum Gasteiger partial charge on any atom is -0.493 e. The van der Waals surface area contributed by atoms with Gasteiger partial charge in [-0.05, 0) is 18.6 Å². The maximum atomic E-state index is 12.9. The maximum Gasteiger partial charge on any atom is 0.243 e. The van der Waals surface area contributed by atoms with Crippen LogP contribution in [0.5, 0.6) is 11.5 Å². The highest BCUT2D eigenvalue weighted by Gasteiger charge is 2.29. The SMILES string of the molecule is COc1ccc(S(=O)(=O)N2CCCN(C(=O)C(C)C)CC2)cc1OC. The average Bonchev–Trinajstić information content (AvgIpc) is 2.86. The number of hydrogen-bond donors (Lipinski definition) is 0. The lowest BCUT2D eigenvalue weighted by atomic mass is 10.2. The molecule has 0 radical (unpaired) electrons. The summed E-state index contributed by atoms with van der Waals surface area (Å²) in [5, 5.41) is 0. The fourth-order valence-electron chi connectivity index (χ4n) is 2.85. The minimum atomic E-state index is -3.65. The van der Waals surface area contributed by atoms with Gasteiger partial charge in [-0.1, -0.05) is 13.8 Å². The van der Waals surface area contributed by atoms with Gasteiger partial charge in [0.05, 0.1) is 19.1 Å². The first kappa shape index (κ1) is 19.5. The first-order valence-corrected chi connectivity index (χ1v) is 9.76. The van der Waals surface area contributed by atoms with Crippen LogP contribution in [0.3, 0.4) is 0 Å². The van der Waals surface area contributed by atoms with E-state index in [-0.39, 0.29) is 23.3 Å². The number of carbonyl (C=O) groups is 1. The number of nitrogens with zero attached hydrogens (tertiary/aromatic N) is 2. The lowest BCUT2D eigenvalue weighted by Crippen LogP contribution is -2.38. The summed E-state index contributed by atoms with van der Waals surface area (Å²) in [6.45, 7) is 5.36. The van der Waals surface area contributed by atoms with Crippen LogP contribution in [0.25, 0.3) is 0 Å². The lowest BCUT2D eigenvalue weighted by Gasteiger charge is -2.23.